The fourth-order valence-electron chi connectivity index (χ4n) is 3.73. The predicted octanol–water partition coefficient (Wildman–Crippen LogP) is 5.83. The van der Waals surface area contributed by atoms with Crippen LogP contribution in [0.4, 0.5) is 24.5 Å². The van der Waals surface area contributed by atoms with Gasteiger partial charge in [-0.2, -0.15) is 18.4 Å². The number of anilines is 2. The van der Waals surface area contributed by atoms with Crippen molar-refractivity contribution in [1.29, 1.82) is 5.26 Å². The van der Waals surface area contributed by atoms with Crippen molar-refractivity contribution >= 4 is 50.5 Å². The molecule has 1 aliphatic heterocycles. The lowest BCUT2D eigenvalue weighted by Gasteiger charge is -2.30. The molecule has 0 aromatic heterocycles. The number of alkyl halides is 4. The zero-order valence-corrected chi connectivity index (χ0v) is 20.6. The van der Waals surface area contributed by atoms with Crippen LogP contribution in [-0.4, -0.2) is 28.5 Å². The molecular formula is C23H21BrF3N3O2S. The lowest BCUT2D eigenvalue weighted by Crippen LogP contribution is -2.44. The van der Waals surface area contributed by atoms with E-state index in [1.165, 1.54) is 6.07 Å². The summed E-state index contributed by atoms with van der Waals surface area (Å²) in [5.74, 6) is 0.247. The van der Waals surface area contributed by atoms with Crippen LogP contribution in [0.5, 0.6) is 5.75 Å². The number of rotatable bonds is 6. The minimum absolute atomic E-state index is 0.0418. The van der Waals surface area contributed by atoms with E-state index in [-0.39, 0.29) is 10.8 Å². The summed E-state index contributed by atoms with van der Waals surface area (Å²) < 4.78 is 46.2. The molecule has 0 bridgehead atoms. The van der Waals surface area contributed by atoms with E-state index in [9.17, 15) is 18.0 Å². The van der Waals surface area contributed by atoms with Crippen LogP contribution in [0.1, 0.15) is 37.5 Å². The van der Waals surface area contributed by atoms with Crippen LogP contribution in [0, 0.1) is 11.3 Å². The Labute approximate surface area is 203 Å². The highest BCUT2D eigenvalue weighted by Gasteiger charge is 2.50. The molecule has 2 aromatic rings. The maximum Gasteiger partial charge on any atom is 0.417 e. The molecule has 3 rings (SSSR count). The number of hydrogen-bond donors (Lipinski definition) is 0. The number of carbonyl (C=O) groups excluding carboxylic acids is 1. The second-order valence-electron chi connectivity index (χ2n) is 7.84. The molecule has 0 unspecified atom stereocenters. The van der Waals surface area contributed by atoms with Crippen LogP contribution < -0.4 is 14.5 Å². The van der Waals surface area contributed by atoms with E-state index in [1.54, 1.807) is 36.9 Å². The Morgan fingerprint density at radius 1 is 1.18 bits per heavy atom. The third kappa shape index (κ3) is 4.57. The summed E-state index contributed by atoms with van der Waals surface area (Å²) in [5, 5.41) is 9.79. The van der Waals surface area contributed by atoms with Crippen LogP contribution in [0.25, 0.3) is 0 Å². The van der Waals surface area contributed by atoms with Gasteiger partial charge >= 0.3 is 6.18 Å². The van der Waals surface area contributed by atoms with Crippen molar-refractivity contribution in [2.75, 3.05) is 21.7 Å². The first-order chi connectivity index (χ1) is 15.5. The van der Waals surface area contributed by atoms with E-state index in [0.717, 1.165) is 22.6 Å². The van der Waals surface area contributed by atoms with Crippen molar-refractivity contribution in [2.45, 2.75) is 38.9 Å². The average molecular weight is 540 g/mol. The highest BCUT2D eigenvalue weighted by Crippen LogP contribution is 2.40. The summed E-state index contributed by atoms with van der Waals surface area (Å²) in [5.41, 5.74) is -1.28. The Morgan fingerprint density at radius 2 is 1.85 bits per heavy atom. The van der Waals surface area contributed by atoms with Crippen LogP contribution in [0.15, 0.2) is 36.4 Å². The topological polar surface area (TPSA) is 56.6 Å². The fourth-order valence-corrected chi connectivity index (χ4v) is 4.41. The molecule has 1 amide bonds. The monoisotopic (exact) mass is 539 g/mol. The molecule has 1 heterocycles. The Balaban J connectivity index is 2.07. The van der Waals surface area contributed by atoms with E-state index in [2.05, 4.69) is 15.9 Å². The lowest BCUT2D eigenvalue weighted by molar-refractivity contribution is -0.137. The summed E-state index contributed by atoms with van der Waals surface area (Å²) in [6.07, 6.45) is -4.07. The molecule has 0 aliphatic carbocycles. The molecule has 2 aromatic carbocycles. The second kappa shape index (κ2) is 9.31. The molecule has 174 valence electrons. The zero-order valence-electron chi connectivity index (χ0n) is 18.2. The van der Waals surface area contributed by atoms with Crippen molar-refractivity contribution in [3.05, 3.63) is 53.1 Å². The Bertz CT molecular complexity index is 1140. The standard InChI is InChI=1S/C23H21BrF3N3O2S/c1-4-14-11-17(7-8-19(14)32-10-9-24)30-21(33)29(20(31)22(30,2)3)16-6-5-15(13-28)18(12-16)23(25,26)27/h5-8,11-12H,4,9-10H2,1-3H3. The van der Waals surface area contributed by atoms with Gasteiger partial charge in [0.1, 0.15) is 11.3 Å². The van der Waals surface area contributed by atoms with Crippen LogP contribution >= 0.6 is 28.1 Å². The number of benzene rings is 2. The highest BCUT2D eigenvalue weighted by molar-refractivity contribution is 9.09. The van der Waals surface area contributed by atoms with E-state index < -0.39 is 28.7 Å². The molecule has 10 heteroatoms. The van der Waals surface area contributed by atoms with Gasteiger partial charge in [0, 0.05) is 11.0 Å². The number of thiocarbonyl (C=S) groups is 1. The van der Waals surface area contributed by atoms with E-state index in [1.807, 2.05) is 13.0 Å². The molecule has 5 nitrogen and oxygen atoms in total. The van der Waals surface area contributed by atoms with Crippen molar-refractivity contribution in [3.8, 4) is 11.8 Å². The summed E-state index contributed by atoms with van der Waals surface area (Å²) in [4.78, 5) is 16.0. The van der Waals surface area contributed by atoms with Gasteiger partial charge in [-0.3, -0.25) is 9.69 Å². The van der Waals surface area contributed by atoms with Crippen LogP contribution in [-0.2, 0) is 17.4 Å². The van der Waals surface area contributed by atoms with E-state index in [4.69, 9.17) is 22.2 Å². The van der Waals surface area contributed by atoms with Gasteiger partial charge < -0.3 is 9.64 Å². The number of hydrogen-bond acceptors (Lipinski definition) is 4. The van der Waals surface area contributed by atoms with Gasteiger partial charge in [0.15, 0.2) is 5.11 Å². The maximum atomic E-state index is 13.5. The maximum absolute atomic E-state index is 13.5. The molecule has 0 atom stereocenters. The van der Waals surface area contributed by atoms with E-state index in [0.29, 0.717) is 29.8 Å². The van der Waals surface area contributed by atoms with Gasteiger partial charge in [-0.1, -0.05) is 22.9 Å². The second-order valence-corrected chi connectivity index (χ2v) is 9.00. The predicted molar refractivity (Wildman–Crippen MR) is 128 cm³/mol. The quantitative estimate of drug-likeness (QED) is 0.341. The van der Waals surface area contributed by atoms with Crippen molar-refractivity contribution in [3.63, 3.8) is 0 Å². The largest absolute Gasteiger partial charge is 0.492 e. The van der Waals surface area contributed by atoms with Gasteiger partial charge in [-0.05, 0) is 74.4 Å². The molecule has 0 saturated carbocycles. The molecule has 1 aliphatic rings. The zero-order chi connectivity index (χ0) is 24.6. The molecule has 1 saturated heterocycles. The highest BCUT2D eigenvalue weighted by atomic mass is 79.9. The molecule has 0 N–H and O–H groups in total. The van der Waals surface area contributed by atoms with Gasteiger partial charge in [0.25, 0.3) is 5.91 Å². The molecule has 0 radical (unpaired) electrons. The lowest BCUT2D eigenvalue weighted by atomic mass is 10.0. The fraction of sp³-hybridized carbons (Fsp3) is 0.348. The first-order valence-corrected chi connectivity index (χ1v) is 11.6. The first-order valence-electron chi connectivity index (χ1n) is 10.1. The first kappa shape index (κ1) is 25.0. The number of carbonyl (C=O) groups is 1. The van der Waals surface area contributed by atoms with E-state index >= 15 is 0 Å². The van der Waals surface area contributed by atoms with Crippen molar-refractivity contribution < 1.29 is 22.7 Å². The minimum atomic E-state index is -4.75. The molecule has 33 heavy (non-hydrogen) atoms. The third-order valence-corrected chi connectivity index (χ3v) is 6.06. The molecular weight excluding hydrogens is 519 g/mol. The Kier molecular flexibility index (Phi) is 7.05. The number of nitriles is 1. The van der Waals surface area contributed by atoms with Gasteiger partial charge in [-0.25, -0.2) is 0 Å². The summed E-state index contributed by atoms with van der Waals surface area (Å²) in [7, 11) is 0. The minimum Gasteiger partial charge on any atom is -0.492 e. The summed E-state index contributed by atoms with van der Waals surface area (Å²) in [6.45, 7) is 5.79. The number of aryl methyl sites for hydroxylation is 1. The van der Waals surface area contributed by atoms with Gasteiger partial charge in [0.05, 0.1) is 29.5 Å². The number of nitrogens with zero attached hydrogens (tertiary/aromatic N) is 3. The van der Waals surface area contributed by atoms with Gasteiger partial charge in [0.2, 0.25) is 0 Å². The summed E-state index contributed by atoms with van der Waals surface area (Å²) >= 11 is 8.90. The molecule has 0 spiro atoms. The van der Waals surface area contributed by atoms with Crippen LogP contribution in [0.2, 0.25) is 0 Å². The van der Waals surface area contributed by atoms with Crippen molar-refractivity contribution in [1.82, 2.24) is 0 Å². The smallest absolute Gasteiger partial charge is 0.417 e. The number of ether oxygens (including phenoxy) is 1. The third-order valence-electron chi connectivity index (χ3n) is 5.37. The van der Waals surface area contributed by atoms with Gasteiger partial charge in [-0.15, -0.1) is 0 Å². The van der Waals surface area contributed by atoms with Crippen molar-refractivity contribution in [2.24, 2.45) is 0 Å². The number of amides is 1. The SMILES string of the molecule is CCc1cc(N2C(=S)N(c3ccc(C#N)c(C(F)(F)F)c3)C(=O)C2(C)C)ccc1OCCBr. The normalized spacial score (nSPS) is 15.7. The Morgan fingerprint density at radius 3 is 2.42 bits per heavy atom. The summed E-state index contributed by atoms with van der Waals surface area (Å²) in [6, 6.07) is 10.1. The average Bonchev–Trinajstić information content (AvgIpc) is 2.94. The van der Waals surface area contributed by atoms with Crippen LogP contribution in [0.3, 0.4) is 0 Å². The molecule has 1 fully saturated rings. The number of halogens is 4. The Hall–Kier alpha value is -2.64.